The molecule has 0 saturated carbocycles. The predicted molar refractivity (Wildman–Crippen MR) is 57.9 cm³/mol. The Hall–Kier alpha value is -0.0800. The maximum Gasteiger partial charge on any atom is 0.0591 e. The number of hydrogen-bond acceptors (Lipinski definition) is 2. The van der Waals surface area contributed by atoms with Gasteiger partial charge in [0.05, 0.1) is 5.60 Å². The molecule has 0 aromatic heterocycles. The van der Waals surface area contributed by atoms with Crippen LogP contribution in [0, 0.1) is 0 Å². The van der Waals surface area contributed by atoms with Crippen LogP contribution in [0.15, 0.2) is 0 Å². The first-order valence-corrected chi connectivity index (χ1v) is 5.44. The first kappa shape index (κ1) is 12.9. The minimum atomic E-state index is -0.483. The van der Waals surface area contributed by atoms with Gasteiger partial charge in [-0.05, 0) is 52.7 Å². The molecule has 13 heavy (non-hydrogen) atoms. The van der Waals surface area contributed by atoms with E-state index >= 15 is 0 Å². The van der Waals surface area contributed by atoms with Gasteiger partial charge in [0.1, 0.15) is 0 Å². The third kappa shape index (κ3) is 8.26. The lowest BCUT2D eigenvalue weighted by Crippen LogP contribution is -2.25. The SMILES string of the molecule is CCN(CC)CCCCC(C)(C)O. The van der Waals surface area contributed by atoms with Crippen LogP contribution in [-0.2, 0) is 0 Å². The van der Waals surface area contributed by atoms with Gasteiger partial charge in [0.15, 0.2) is 0 Å². The molecule has 2 nitrogen and oxygen atoms in total. The molecule has 1 N–H and O–H groups in total. The Morgan fingerprint density at radius 2 is 1.62 bits per heavy atom. The highest BCUT2D eigenvalue weighted by Crippen LogP contribution is 2.12. The summed E-state index contributed by atoms with van der Waals surface area (Å²) in [6.45, 7) is 11.6. The standard InChI is InChI=1S/C11H25NO/c1-5-12(6-2)10-8-7-9-11(3,4)13/h13H,5-10H2,1-4H3. The van der Waals surface area contributed by atoms with Gasteiger partial charge >= 0.3 is 0 Å². The van der Waals surface area contributed by atoms with Crippen LogP contribution >= 0.6 is 0 Å². The topological polar surface area (TPSA) is 23.5 Å². The van der Waals surface area contributed by atoms with Gasteiger partial charge in [-0.2, -0.15) is 0 Å². The summed E-state index contributed by atoms with van der Waals surface area (Å²) in [6.07, 6.45) is 3.24. The van der Waals surface area contributed by atoms with Crippen molar-refractivity contribution in [3.8, 4) is 0 Å². The number of unbranched alkanes of at least 4 members (excludes halogenated alkanes) is 1. The van der Waals surface area contributed by atoms with Gasteiger partial charge in [-0.15, -0.1) is 0 Å². The molecule has 0 aromatic rings. The van der Waals surface area contributed by atoms with E-state index in [1.165, 1.54) is 13.0 Å². The molecule has 80 valence electrons. The van der Waals surface area contributed by atoms with E-state index in [0.717, 1.165) is 25.9 Å². The fourth-order valence-electron chi connectivity index (χ4n) is 1.43. The minimum absolute atomic E-state index is 0.483. The van der Waals surface area contributed by atoms with Crippen molar-refractivity contribution < 1.29 is 5.11 Å². The van der Waals surface area contributed by atoms with Gasteiger partial charge in [-0.3, -0.25) is 0 Å². The Bertz CT molecular complexity index is 114. The lowest BCUT2D eigenvalue weighted by molar-refractivity contribution is 0.0673. The summed E-state index contributed by atoms with van der Waals surface area (Å²) in [5, 5.41) is 9.48. The third-order valence-corrected chi connectivity index (χ3v) is 2.41. The summed E-state index contributed by atoms with van der Waals surface area (Å²) in [4.78, 5) is 2.42. The normalized spacial score (nSPS) is 12.5. The van der Waals surface area contributed by atoms with Crippen LogP contribution in [-0.4, -0.2) is 35.2 Å². The molecule has 0 atom stereocenters. The van der Waals surface area contributed by atoms with Crippen molar-refractivity contribution in [2.75, 3.05) is 19.6 Å². The minimum Gasteiger partial charge on any atom is -0.390 e. The molecule has 0 unspecified atom stereocenters. The molecule has 0 saturated heterocycles. The van der Waals surface area contributed by atoms with Crippen LogP contribution in [0.3, 0.4) is 0 Å². The average molecular weight is 187 g/mol. The van der Waals surface area contributed by atoms with Crippen LogP contribution in [0.5, 0.6) is 0 Å². The molecule has 0 radical (unpaired) electrons. The number of rotatable bonds is 7. The second kappa shape index (κ2) is 6.39. The molecule has 0 aliphatic heterocycles. The summed E-state index contributed by atoms with van der Waals surface area (Å²) < 4.78 is 0. The van der Waals surface area contributed by atoms with E-state index in [1.807, 2.05) is 13.8 Å². The van der Waals surface area contributed by atoms with Crippen molar-refractivity contribution in [3.05, 3.63) is 0 Å². The molecule has 0 amide bonds. The highest BCUT2D eigenvalue weighted by atomic mass is 16.3. The molecule has 0 aliphatic rings. The van der Waals surface area contributed by atoms with Gasteiger partial charge in [0.2, 0.25) is 0 Å². The summed E-state index contributed by atoms with van der Waals surface area (Å²) in [5.74, 6) is 0. The van der Waals surface area contributed by atoms with E-state index in [-0.39, 0.29) is 0 Å². The van der Waals surface area contributed by atoms with Crippen LogP contribution < -0.4 is 0 Å². The van der Waals surface area contributed by atoms with E-state index in [2.05, 4.69) is 18.7 Å². The summed E-state index contributed by atoms with van der Waals surface area (Å²) in [5.41, 5.74) is -0.483. The van der Waals surface area contributed by atoms with Gasteiger partial charge in [0.25, 0.3) is 0 Å². The van der Waals surface area contributed by atoms with Gasteiger partial charge in [-0.25, -0.2) is 0 Å². The zero-order chi connectivity index (χ0) is 10.3. The number of aliphatic hydroxyl groups is 1. The molecule has 2 heteroatoms. The smallest absolute Gasteiger partial charge is 0.0591 e. The first-order valence-electron chi connectivity index (χ1n) is 5.44. The van der Waals surface area contributed by atoms with E-state index in [4.69, 9.17) is 0 Å². The fourth-order valence-corrected chi connectivity index (χ4v) is 1.43. The Morgan fingerprint density at radius 1 is 1.08 bits per heavy atom. The Labute approximate surface area is 82.9 Å². The summed E-state index contributed by atoms with van der Waals surface area (Å²) in [6, 6.07) is 0. The highest BCUT2D eigenvalue weighted by Gasteiger charge is 2.11. The molecule has 0 fully saturated rings. The van der Waals surface area contributed by atoms with Gasteiger partial charge < -0.3 is 10.0 Å². The molecular formula is C11H25NO. The number of hydrogen-bond donors (Lipinski definition) is 1. The first-order chi connectivity index (χ1) is 5.99. The Morgan fingerprint density at radius 3 is 2.00 bits per heavy atom. The van der Waals surface area contributed by atoms with Gasteiger partial charge in [0, 0.05) is 0 Å². The molecule has 0 spiro atoms. The van der Waals surface area contributed by atoms with Crippen molar-refractivity contribution >= 4 is 0 Å². The quantitative estimate of drug-likeness (QED) is 0.618. The lowest BCUT2D eigenvalue weighted by atomic mass is 10.0. The maximum absolute atomic E-state index is 9.48. The maximum atomic E-state index is 9.48. The van der Waals surface area contributed by atoms with E-state index in [0.29, 0.717) is 0 Å². The number of nitrogens with zero attached hydrogens (tertiary/aromatic N) is 1. The lowest BCUT2D eigenvalue weighted by Gasteiger charge is -2.20. The molecule has 0 aliphatic carbocycles. The largest absolute Gasteiger partial charge is 0.390 e. The monoisotopic (exact) mass is 187 g/mol. The van der Waals surface area contributed by atoms with Crippen molar-refractivity contribution in [1.82, 2.24) is 4.90 Å². The van der Waals surface area contributed by atoms with E-state index in [9.17, 15) is 5.11 Å². The highest BCUT2D eigenvalue weighted by molar-refractivity contribution is 4.65. The Kier molecular flexibility index (Phi) is 6.35. The molecule has 0 bridgehead atoms. The average Bonchev–Trinajstić information content (AvgIpc) is 2.03. The van der Waals surface area contributed by atoms with Crippen LogP contribution in [0.25, 0.3) is 0 Å². The van der Waals surface area contributed by atoms with Crippen molar-refractivity contribution in [3.63, 3.8) is 0 Å². The second-order valence-electron chi connectivity index (χ2n) is 4.30. The van der Waals surface area contributed by atoms with Crippen LogP contribution in [0.2, 0.25) is 0 Å². The fraction of sp³-hybridized carbons (Fsp3) is 1.00. The third-order valence-electron chi connectivity index (χ3n) is 2.41. The predicted octanol–water partition coefficient (Wildman–Crippen LogP) is 2.27. The van der Waals surface area contributed by atoms with Crippen molar-refractivity contribution in [1.29, 1.82) is 0 Å². The zero-order valence-corrected chi connectivity index (χ0v) is 9.64. The zero-order valence-electron chi connectivity index (χ0n) is 9.64. The molecule has 0 rings (SSSR count). The van der Waals surface area contributed by atoms with E-state index < -0.39 is 5.60 Å². The van der Waals surface area contributed by atoms with Crippen molar-refractivity contribution in [2.45, 2.75) is 52.6 Å². The second-order valence-corrected chi connectivity index (χ2v) is 4.30. The molecule has 0 aromatic carbocycles. The van der Waals surface area contributed by atoms with Crippen molar-refractivity contribution in [2.24, 2.45) is 0 Å². The summed E-state index contributed by atoms with van der Waals surface area (Å²) in [7, 11) is 0. The molecule has 0 heterocycles. The molecular weight excluding hydrogens is 162 g/mol. The Balaban J connectivity index is 3.34. The van der Waals surface area contributed by atoms with Gasteiger partial charge in [-0.1, -0.05) is 13.8 Å². The summed E-state index contributed by atoms with van der Waals surface area (Å²) >= 11 is 0. The van der Waals surface area contributed by atoms with E-state index in [1.54, 1.807) is 0 Å². The van der Waals surface area contributed by atoms with Crippen LogP contribution in [0.4, 0.5) is 0 Å². The van der Waals surface area contributed by atoms with Crippen LogP contribution in [0.1, 0.15) is 47.0 Å².